The lowest BCUT2D eigenvalue weighted by molar-refractivity contribution is 0.690. The molecule has 1 aliphatic rings. The third kappa shape index (κ3) is 2.64. The first-order valence-corrected chi connectivity index (χ1v) is 9.46. The maximum Gasteiger partial charge on any atom is 0.256 e. The molecule has 118 valence electrons. The molecule has 23 heavy (non-hydrogen) atoms. The number of nitrogens with one attached hydrogen (secondary N) is 1. The van der Waals surface area contributed by atoms with Crippen LogP contribution in [-0.4, -0.2) is 27.8 Å². The first-order chi connectivity index (χ1) is 11.1. The molecule has 2 aromatic heterocycles. The highest BCUT2D eigenvalue weighted by molar-refractivity contribution is 7.98. The summed E-state index contributed by atoms with van der Waals surface area (Å²) in [5, 5.41) is 0.976. The van der Waals surface area contributed by atoms with Gasteiger partial charge in [0.2, 0.25) is 0 Å². The summed E-state index contributed by atoms with van der Waals surface area (Å²) in [7, 11) is 0. The van der Waals surface area contributed by atoms with Crippen LogP contribution < -0.4 is 10.5 Å². The van der Waals surface area contributed by atoms with Gasteiger partial charge in [-0.1, -0.05) is 11.3 Å². The molecular formula is C16H16N4OS2. The van der Waals surface area contributed by atoms with E-state index in [9.17, 15) is 4.79 Å². The van der Waals surface area contributed by atoms with E-state index < -0.39 is 0 Å². The molecule has 0 atom stereocenters. The molecule has 0 saturated heterocycles. The summed E-state index contributed by atoms with van der Waals surface area (Å²) in [5.41, 5.74) is 2.69. The van der Waals surface area contributed by atoms with Gasteiger partial charge in [0.1, 0.15) is 5.82 Å². The highest BCUT2D eigenvalue weighted by atomic mass is 32.2. The van der Waals surface area contributed by atoms with Gasteiger partial charge in [-0.05, 0) is 31.4 Å². The topological polar surface area (TPSA) is 61.9 Å². The lowest BCUT2D eigenvalue weighted by atomic mass is 10.1. The number of nitrogens with zero attached hydrogens (tertiary/aromatic N) is 3. The van der Waals surface area contributed by atoms with E-state index in [-0.39, 0.29) is 5.56 Å². The van der Waals surface area contributed by atoms with E-state index in [4.69, 9.17) is 4.98 Å². The van der Waals surface area contributed by atoms with E-state index >= 15 is 0 Å². The number of anilines is 1. The van der Waals surface area contributed by atoms with Crippen molar-refractivity contribution in [2.45, 2.75) is 24.8 Å². The van der Waals surface area contributed by atoms with Gasteiger partial charge >= 0.3 is 0 Å². The fraction of sp³-hybridized carbons (Fsp3) is 0.312. The van der Waals surface area contributed by atoms with Crippen LogP contribution in [0.25, 0.3) is 10.2 Å². The summed E-state index contributed by atoms with van der Waals surface area (Å²) in [4.78, 5) is 27.6. The molecule has 1 aliphatic heterocycles. The van der Waals surface area contributed by atoms with Crippen molar-refractivity contribution in [1.82, 2.24) is 15.0 Å². The Kier molecular flexibility index (Phi) is 3.61. The molecule has 0 fully saturated rings. The van der Waals surface area contributed by atoms with Crippen molar-refractivity contribution in [2.75, 3.05) is 17.7 Å². The van der Waals surface area contributed by atoms with Crippen molar-refractivity contribution in [3.8, 4) is 0 Å². The SMILES string of the molecule is CSc1ccc2nc(N3CCc4nc(C)[nH]c(=O)c4C3)sc2c1. The molecule has 0 spiro atoms. The van der Waals surface area contributed by atoms with Crippen LogP contribution in [0.4, 0.5) is 5.13 Å². The largest absolute Gasteiger partial charge is 0.343 e. The van der Waals surface area contributed by atoms with Gasteiger partial charge in [-0.3, -0.25) is 4.79 Å². The zero-order chi connectivity index (χ0) is 16.0. The molecule has 0 radical (unpaired) electrons. The molecule has 0 unspecified atom stereocenters. The number of aromatic nitrogens is 3. The zero-order valence-electron chi connectivity index (χ0n) is 12.9. The van der Waals surface area contributed by atoms with Crippen molar-refractivity contribution in [2.24, 2.45) is 0 Å². The Labute approximate surface area is 141 Å². The van der Waals surface area contributed by atoms with E-state index in [1.54, 1.807) is 23.1 Å². The molecule has 4 rings (SSSR count). The minimum Gasteiger partial charge on any atom is -0.343 e. The molecule has 3 heterocycles. The maximum absolute atomic E-state index is 12.2. The maximum atomic E-state index is 12.2. The Bertz CT molecular complexity index is 947. The smallest absolute Gasteiger partial charge is 0.256 e. The minimum atomic E-state index is -0.0250. The highest BCUT2D eigenvalue weighted by Crippen LogP contribution is 2.33. The Morgan fingerprint density at radius 2 is 2.22 bits per heavy atom. The van der Waals surface area contributed by atoms with Gasteiger partial charge in [-0.25, -0.2) is 9.97 Å². The molecule has 7 heteroatoms. The third-order valence-corrected chi connectivity index (χ3v) is 5.85. The van der Waals surface area contributed by atoms with Crippen LogP contribution in [0.1, 0.15) is 17.1 Å². The van der Waals surface area contributed by atoms with Gasteiger partial charge < -0.3 is 9.88 Å². The number of aryl methyl sites for hydroxylation is 1. The van der Waals surface area contributed by atoms with Crippen LogP contribution in [0, 0.1) is 6.92 Å². The number of thiazole rings is 1. The normalized spacial score (nSPS) is 14.3. The fourth-order valence-corrected chi connectivity index (χ4v) is 4.41. The summed E-state index contributed by atoms with van der Waals surface area (Å²) in [6.45, 7) is 3.25. The number of hydrogen-bond donors (Lipinski definition) is 1. The second kappa shape index (κ2) is 5.65. The summed E-state index contributed by atoms with van der Waals surface area (Å²) >= 11 is 3.42. The monoisotopic (exact) mass is 344 g/mol. The average Bonchev–Trinajstić information content (AvgIpc) is 2.97. The van der Waals surface area contributed by atoms with E-state index in [2.05, 4.69) is 39.3 Å². The van der Waals surface area contributed by atoms with Crippen molar-refractivity contribution in [3.63, 3.8) is 0 Å². The lowest BCUT2D eigenvalue weighted by Crippen LogP contribution is -2.35. The molecule has 0 saturated carbocycles. The minimum absolute atomic E-state index is 0.0250. The number of benzene rings is 1. The Morgan fingerprint density at radius 3 is 3.04 bits per heavy atom. The lowest BCUT2D eigenvalue weighted by Gasteiger charge is -2.27. The van der Waals surface area contributed by atoms with E-state index in [0.717, 1.165) is 34.9 Å². The zero-order valence-corrected chi connectivity index (χ0v) is 14.6. The summed E-state index contributed by atoms with van der Waals surface area (Å²) in [6, 6.07) is 6.34. The van der Waals surface area contributed by atoms with E-state index in [1.807, 2.05) is 6.92 Å². The second-order valence-electron chi connectivity index (χ2n) is 5.58. The van der Waals surface area contributed by atoms with Crippen molar-refractivity contribution in [3.05, 3.63) is 45.6 Å². The fourth-order valence-electron chi connectivity index (χ4n) is 2.87. The number of hydrogen-bond acceptors (Lipinski definition) is 6. The number of rotatable bonds is 2. The van der Waals surface area contributed by atoms with Crippen molar-refractivity contribution in [1.29, 1.82) is 0 Å². The summed E-state index contributed by atoms with van der Waals surface area (Å²) < 4.78 is 1.19. The van der Waals surface area contributed by atoms with Crippen LogP contribution in [0.2, 0.25) is 0 Å². The number of aromatic amines is 1. The van der Waals surface area contributed by atoms with Crippen molar-refractivity contribution >= 4 is 38.4 Å². The molecule has 1 aromatic carbocycles. The standard InChI is InChI=1S/C16H16N4OS2/c1-9-17-12-5-6-20(8-11(12)15(21)18-9)16-19-13-4-3-10(22-2)7-14(13)23-16/h3-4,7H,5-6,8H2,1-2H3,(H,17,18,21). The number of H-pyrrole nitrogens is 1. The van der Waals surface area contributed by atoms with Crippen LogP contribution >= 0.6 is 23.1 Å². The van der Waals surface area contributed by atoms with Gasteiger partial charge in [-0.15, -0.1) is 11.8 Å². The van der Waals surface area contributed by atoms with E-state index in [1.165, 1.54) is 9.60 Å². The number of fused-ring (bicyclic) bond motifs is 2. The quantitative estimate of drug-likeness (QED) is 0.724. The summed E-state index contributed by atoms with van der Waals surface area (Å²) in [5.74, 6) is 0.687. The highest BCUT2D eigenvalue weighted by Gasteiger charge is 2.23. The Balaban J connectivity index is 1.70. The molecule has 5 nitrogen and oxygen atoms in total. The Hall–Kier alpha value is -1.86. The van der Waals surface area contributed by atoms with Crippen LogP contribution in [0.15, 0.2) is 27.9 Å². The van der Waals surface area contributed by atoms with Crippen LogP contribution in [0.5, 0.6) is 0 Å². The predicted octanol–water partition coefficient (Wildman–Crippen LogP) is 2.97. The van der Waals surface area contributed by atoms with Gasteiger partial charge in [0, 0.05) is 17.9 Å². The molecule has 0 bridgehead atoms. The summed E-state index contributed by atoms with van der Waals surface area (Å²) in [6.07, 6.45) is 2.86. The number of thioether (sulfide) groups is 1. The first-order valence-electron chi connectivity index (χ1n) is 7.42. The van der Waals surface area contributed by atoms with Gasteiger partial charge in [0.25, 0.3) is 5.56 Å². The molecule has 1 N–H and O–H groups in total. The average molecular weight is 344 g/mol. The van der Waals surface area contributed by atoms with Crippen LogP contribution in [-0.2, 0) is 13.0 Å². The van der Waals surface area contributed by atoms with Gasteiger partial charge in [0.05, 0.1) is 28.0 Å². The van der Waals surface area contributed by atoms with Crippen LogP contribution in [0.3, 0.4) is 0 Å². The molecule has 0 aliphatic carbocycles. The Morgan fingerprint density at radius 1 is 1.35 bits per heavy atom. The molecular weight excluding hydrogens is 328 g/mol. The molecule has 0 amide bonds. The second-order valence-corrected chi connectivity index (χ2v) is 7.47. The molecule has 3 aromatic rings. The van der Waals surface area contributed by atoms with Gasteiger partial charge in [0.15, 0.2) is 5.13 Å². The third-order valence-electron chi connectivity index (χ3n) is 4.04. The van der Waals surface area contributed by atoms with Crippen molar-refractivity contribution < 1.29 is 0 Å². The van der Waals surface area contributed by atoms with E-state index in [0.29, 0.717) is 12.4 Å². The predicted molar refractivity (Wildman–Crippen MR) is 95.7 cm³/mol. The van der Waals surface area contributed by atoms with Gasteiger partial charge in [-0.2, -0.15) is 0 Å². The first kappa shape index (κ1) is 14.7.